The fraction of sp³-hybridized carbons (Fsp3) is 0.529. The molecule has 120 valence electrons. The van der Waals surface area contributed by atoms with Gasteiger partial charge in [-0.3, -0.25) is 9.59 Å². The predicted octanol–water partition coefficient (Wildman–Crippen LogP) is 1.47. The molecule has 1 aromatic rings. The van der Waals surface area contributed by atoms with Crippen LogP contribution in [0.2, 0.25) is 0 Å². The summed E-state index contributed by atoms with van der Waals surface area (Å²) in [5, 5.41) is 5.12. The van der Waals surface area contributed by atoms with Crippen LogP contribution in [0.25, 0.3) is 0 Å². The van der Waals surface area contributed by atoms with E-state index in [4.69, 9.17) is 0 Å². The fourth-order valence-corrected chi connectivity index (χ4v) is 2.66. The molecule has 1 aromatic carbocycles. The van der Waals surface area contributed by atoms with E-state index in [-0.39, 0.29) is 0 Å². The van der Waals surface area contributed by atoms with Gasteiger partial charge in [0.05, 0.1) is 0 Å². The lowest BCUT2D eigenvalue weighted by Gasteiger charge is -2.17. The van der Waals surface area contributed by atoms with Crippen molar-refractivity contribution in [1.82, 2.24) is 10.6 Å². The molecule has 0 spiro atoms. The standard InChI is InChI=1S/C17H25N3O2/c1-2-18-16(21)17(22)19-11-5-6-14-7-9-15(10-8-14)20-12-3-4-13-20/h7-10H,2-6,11-13H2,1H3,(H,18,21)(H,19,22). The normalized spacial score (nSPS) is 14.0. The van der Waals surface area contributed by atoms with E-state index in [1.54, 1.807) is 6.92 Å². The van der Waals surface area contributed by atoms with Gasteiger partial charge in [0.2, 0.25) is 0 Å². The van der Waals surface area contributed by atoms with E-state index in [0.717, 1.165) is 25.9 Å². The molecule has 1 saturated heterocycles. The second-order valence-electron chi connectivity index (χ2n) is 5.58. The van der Waals surface area contributed by atoms with Crippen molar-refractivity contribution in [2.75, 3.05) is 31.1 Å². The Kier molecular flexibility index (Phi) is 6.25. The summed E-state index contributed by atoms with van der Waals surface area (Å²) in [6.07, 6.45) is 4.30. The summed E-state index contributed by atoms with van der Waals surface area (Å²) < 4.78 is 0. The molecule has 5 nitrogen and oxygen atoms in total. The van der Waals surface area contributed by atoms with Crippen molar-refractivity contribution in [3.05, 3.63) is 29.8 Å². The summed E-state index contributed by atoms with van der Waals surface area (Å²) in [6.45, 7) is 5.09. The first-order valence-corrected chi connectivity index (χ1v) is 8.10. The number of carbonyl (C=O) groups is 2. The Hall–Kier alpha value is -2.04. The van der Waals surface area contributed by atoms with Gasteiger partial charge in [-0.25, -0.2) is 0 Å². The maximum absolute atomic E-state index is 11.4. The molecule has 0 saturated carbocycles. The molecule has 0 unspecified atom stereocenters. The smallest absolute Gasteiger partial charge is 0.309 e. The number of hydrogen-bond acceptors (Lipinski definition) is 3. The molecule has 0 radical (unpaired) electrons. The molecule has 22 heavy (non-hydrogen) atoms. The largest absolute Gasteiger partial charge is 0.372 e. The number of rotatable bonds is 6. The summed E-state index contributed by atoms with van der Waals surface area (Å²) in [5.74, 6) is -1.11. The highest BCUT2D eigenvalue weighted by Crippen LogP contribution is 2.20. The molecule has 0 aromatic heterocycles. The molecule has 2 rings (SSSR count). The van der Waals surface area contributed by atoms with Crippen molar-refractivity contribution < 1.29 is 9.59 Å². The molecule has 0 aliphatic carbocycles. The van der Waals surface area contributed by atoms with Crippen LogP contribution in [0.1, 0.15) is 31.7 Å². The topological polar surface area (TPSA) is 61.4 Å². The van der Waals surface area contributed by atoms with Crippen LogP contribution in [0.3, 0.4) is 0 Å². The van der Waals surface area contributed by atoms with Gasteiger partial charge in [-0.05, 0) is 50.3 Å². The number of nitrogens with zero attached hydrogens (tertiary/aromatic N) is 1. The van der Waals surface area contributed by atoms with Crippen LogP contribution >= 0.6 is 0 Å². The van der Waals surface area contributed by atoms with Gasteiger partial charge in [-0.15, -0.1) is 0 Å². The molecule has 1 heterocycles. The first-order valence-electron chi connectivity index (χ1n) is 8.10. The minimum Gasteiger partial charge on any atom is -0.372 e. The van der Waals surface area contributed by atoms with E-state index in [1.165, 1.54) is 24.1 Å². The van der Waals surface area contributed by atoms with Crippen LogP contribution < -0.4 is 15.5 Å². The average Bonchev–Trinajstić information content (AvgIpc) is 3.06. The molecular formula is C17H25N3O2. The number of amides is 2. The Balaban J connectivity index is 1.68. The maximum Gasteiger partial charge on any atom is 0.309 e. The van der Waals surface area contributed by atoms with E-state index in [9.17, 15) is 9.59 Å². The molecule has 1 fully saturated rings. The number of benzene rings is 1. The second-order valence-corrected chi connectivity index (χ2v) is 5.58. The molecule has 1 aliphatic heterocycles. The minimum absolute atomic E-state index is 0.468. The summed E-state index contributed by atoms with van der Waals surface area (Å²) in [5.41, 5.74) is 2.56. The van der Waals surface area contributed by atoms with Gasteiger partial charge in [-0.1, -0.05) is 12.1 Å². The van der Waals surface area contributed by atoms with Crippen LogP contribution in [0.4, 0.5) is 5.69 Å². The third-order valence-electron chi connectivity index (χ3n) is 3.88. The van der Waals surface area contributed by atoms with Crippen LogP contribution in [-0.2, 0) is 16.0 Å². The summed E-state index contributed by atoms with van der Waals surface area (Å²) in [7, 11) is 0. The Bertz CT molecular complexity index is 493. The number of anilines is 1. The fourth-order valence-electron chi connectivity index (χ4n) is 2.66. The quantitative estimate of drug-likeness (QED) is 0.618. The van der Waals surface area contributed by atoms with Gasteiger partial charge in [0, 0.05) is 31.9 Å². The zero-order valence-corrected chi connectivity index (χ0v) is 13.2. The first kappa shape index (κ1) is 16.3. The van der Waals surface area contributed by atoms with Crippen molar-refractivity contribution in [2.24, 2.45) is 0 Å². The van der Waals surface area contributed by atoms with Crippen LogP contribution in [-0.4, -0.2) is 38.0 Å². The van der Waals surface area contributed by atoms with Gasteiger partial charge in [0.25, 0.3) is 0 Å². The highest BCUT2D eigenvalue weighted by Gasteiger charge is 2.12. The molecule has 0 bridgehead atoms. The van der Waals surface area contributed by atoms with Gasteiger partial charge < -0.3 is 15.5 Å². The van der Waals surface area contributed by atoms with E-state index >= 15 is 0 Å². The zero-order chi connectivity index (χ0) is 15.8. The maximum atomic E-state index is 11.4. The third-order valence-corrected chi connectivity index (χ3v) is 3.88. The van der Waals surface area contributed by atoms with Crippen molar-refractivity contribution in [3.63, 3.8) is 0 Å². The SMILES string of the molecule is CCNC(=O)C(=O)NCCCc1ccc(N2CCCC2)cc1. The lowest BCUT2D eigenvalue weighted by atomic mass is 10.1. The van der Waals surface area contributed by atoms with Crippen LogP contribution in [0.15, 0.2) is 24.3 Å². The number of nitrogens with one attached hydrogen (secondary N) is 2. The Morgan fingerprint density at radius 2 is 1.68 bits per heavy atom. The van der Waals surface area contributed by atoms with Gasteiger partial charge in [-0.2, -0.15) is 0 Å². The Labute approximate surface area is 132 Å². The summed E-state index contributed by atoms with van der Waals surface area (Å²) in [6, 6.07) is 8.65. The lowest BCUT2D eigenvalue weighted by Crippen LogP contribution is -2.40. The molecule has 0 atom stereocenters. The van der Waals surface area contributed by atoms with Crippen LogP contribution in [0.5, 0.6) is 0 Å². The van der Waals surface area contributed by atoms with Gasteiger partial charge >= 0.3 is 11.8 Å². The Morgan fingerprint density at radius 3 is 2.32 bits per heavy atom. The molecule has 2 N–H and O–H groups in total. The second kappa shape index (κ2) is 8.41. The van der Waals surface area contributed by atoms with Crippen molar-refractivity contribution in [1.29, 1.82) is 0 Å². The molecular weight excluding hydrogens is 278 g/mol. The Morgan fingerprint density at radius 1 is 1.05 bits per heavy atom. The highest BCUT2D eigenvalue weighted by atomic mass is 16.2. The van der Waals surface area contributed by atoms with E-state index in [0.29, 0.717) is 13.1 Å². The van der Waals surface area contributed by atoms with E-state index < -0.39 is 11.8 Å². The zero-order valence-electron chi connectivity index (χ0n) is 13.2. The minimum atomic E-state index is -0.558. The number of carbonyl (C=O) groups excluding carboxylic acids is 2. The predicted molar refractivity (Wildman–Crippen MR) is 87.9 cm³/mol. The summed E-state index contributed by atoms with van der Waals surface area (Å²) in [4.78, 5) is 25.1. The first-order chi connectivity index (χ1) is 10.7. The highest BCUT2D eigenvalue weighted by molar-refractivity contribution is 6.35. The van der Waals surface area contributed by atoms with Crippen molar-refractivity contribution >= 4 is 17.5 Å². The number of likely N-dealkylation sites (N-methyl/N-ethyl adjacent to an activating group) is 1. The average molecular weight is 303 g/mol. The monoisotopic (exact) mass is 303 g/mol. The van der Waals surface area contributed by atoms with Crippen LogP contribution in [0, 0.1) is 0 Å². The van der Waals surface area contributed by atoms with E-state index in [2.05, 4.69) is 39.8 Å². The van der Waals surface area contributed by atoms with E-state index in [1.807, 2.05) is 0 Å². The van der Waals surface area contributed by atoms with Gasteiger partial charge in [0.1, 0.15) is 0 Å². The number of aryl methyl sites for hydroxylation is 1. The molecule has 2 amide bonds. The van der Waals surface area contributed by atoms with Crippen molar-refractivity contribution in [3.8, 4) is 0 Å². The molecule has 1 aliphatic rings. The third kappa shape index (κ3) is 4.76. The van der Waals surface area contributed by atoms with Gasteiger partial charge in [0.15, 0.2) is 0 Å². The summed E-state index contributed by atoms with van der Waals surface area (Å²) >= 11 is 0. The van der Waals surface area contributed by atoms with Crippen molar-refractivity contribution in [2.45, 2.75) is 32.6 Å². The molecule has 5 heteroatoms. The number of hydrogen-bond donors (Lipinski definition) is 2. The lowest BCUT2D eigenvalue weighted by molar-refractivity contribution is -0.139.